The Labute approximate surface area is 152 Å². The van der Waals surface area contributed by atoms with Gasteiger partial charge in [-0.3, -0.25) is 9.00 Å². The zero-order chi connectivity index (χ0) is 18.5. The van der Waals surface area contributed by atoms with Crippen LogP contribution in [0, 0.1) is 0 Å². The number of anilines is 1. The SMILES string of the molecule is C[S@](=O)c1ccccc1C(=O)OCC(=O)Nc1ccc2c(c1)OCCO2. The van der Waals surface area contributed by atoms with Crippen molar-refractivity contribution in [2.24, 2.45) is 0 Å². The minimum atomic E-state index is -1.34. The van der Waals surface area contributed by atoms with Gasteiger partial charge in [-0.2, -0.15) is 0 Å². The van der Waals surface area contributed by atoms with Crippen LogP contribution >= 0.6 is 0 Å². The van der Waals surface area contributed by atoms with E-state index in [4.69, 9.17) is 14.2 Å². The van der Waals surface area contributed by atoms with Gasteiger partial charge in [0.05, 0.1) is 21.3 Å². The monoisotopic (exact) mass is 375 g/mol. The van der Waals surface area contributed by atoms with Crippen molar-refractivity contribution in [3.63, 3.8) is 0 Å². The van der Waals surface area contributed by atoms with E-state index in [9.17, 15) is 13.8 Å². The summed E-state index contributed by atoms with van der Waals surface area (Å²) in [5, 5.41) is 2.62. The fourth-order valence-corrected chi connectivity index (χ4v) is 3.14. The molecule has 2 aromatic carbocycles. The molecule has 0 bridgehead atoms. The largest absolute Gasteiger partial charge is 0.486 e. The number of carbonyl (C=O) groups is 2. The van der Waals surface area contributed by atoms with Crippen molar-refractivity contribution >= 4 is 28.4 Å². The molecule has 3 rings (SSSR count). The van der Waals surface area contributed by atoms with E-state index < -0.39 is 29.3 Å². The van der Waals surface area contributed by atoms with E-state index in [2.05, 4.69) is 5.32 Å². The minimum Gasteiger partial charge on any atom is -0.486 e. The lowest BCUT2D eigenvalue weighted by molar-refractivity contribution is -0.119. The molecule has 1 amide bonds. The molecule has 1 N–H and O–H groups in total. The second-order valence-electron chi connectivity index (χ2n) is 5.43. The van der Waals surface area contributed by atoms with Crippen LogP contribution in [0.2, 0.25) is 0 Å². The lowest BCUT2D eigenvalue weighted by atomic mass is 10.2. The van der Waals surface area contributed by atoms with Crippen LogP contribution in [0.25, 0.3) is 0 Å². The van der Waals surface area contributed by atoms with Crippen LogP contribution in [-0.4, -0.2) is 42.2 Å². The molecule has 0 spiro atoms. The van der Waals surface area contributed by atoms with Gasteiger partial charge < -0.3 is 19.5 Å². The molecule has 0 radical (unpaired) electrons. The Morgan fingerprint density at radius 3 is 2.62 bits per heavy atom. The third-order valence-corrected chi connectivity index (χ3v) is 4.55. The van der Waals surface area contributed by atoms with Crippen LogP contribution in [0.1, 0.15) is 10.4 Å². The Hall–Kier alpha value is -2.87. The van der Waals surface area contributed by atoms with Crippen molar-refractivity contribution in [2.45, 2.75) is 4.90 Å². The number of esters is 1. The van der Waals surface area contributed by atoms with Gasteiger partial charge in [0, 0.05) is 18.0 Å². The summed E-state index contributed by atoms with van der Waals surface area (Å²) >= 11 is 0. The van der Waals surface area contributed by atoms with Gasteiger partial charge in [0.25, 0.3) is 5.91 Å². The van der Waals surface area contributed by atoms with Crippen LogP contribution in [-0.2, 0) is 20.3 Å². The lowest BCUT2D eigenvalue weighted by Crippen LogP contribution is -2.22. The van der Waals surface area contributed by atoms with Gasteiger partial charge in [-0.15, -0.1) is 0 Å². The maximum Gasteiger partial charge on any atom is 0.339 e. The average Bonchev–Trinajstić information content (AvgIpc) is 2.66. The number of hydrogen-bond donors (Lipinski definition) is 1. The van der Waals surface area contributed by atoms with Crippen molar-refractivity contribution in [3.05, 3.63) is 48.0 Å². The molecule has 1 aliphatic heterocycles. The first-order chi connectivity index (χ1) is 12.5. The standard InChI is InChI=1S/C18H17NO6S/c1-26(22)16-5-3-2-4-13(16)18(21)25-11-17(20)19-12-6-7-14-15(10-12)24-9-8-23-14/h2-7,10H,8-9,11H2,1H3,(H,19,20)/t26-/m0/s1. The van der Waals surface area contributed by atoms with Crippen molar-refractivity contribution in [1.29, 1.82) is 0 Å². The summed E-state index contributed by atoms with van der Waals surface area (Å²) in [7, 11) is -1.34. The Morgan fingerprint density at radius 1 is 1.12 bits per heavy atom. The summed E-state index contributed by atoms with van der Waals surface area (Å²) in [6.07, 6.45) is 1.47. The first kappa shape index (κ1) is 17.9. The van der Waals surface area contributed by atoms with Crippen LogP contribution in [0.3, 0.4) is 0 Å². The van der Waals surface area contributed by atoms with E-state index in [1.165, 1.54) is 12.3 Å². The molecule has 7 nitrogen and oxygen atoms in total. The Balaban J connectivity index is 1.59. The molecule has 0 fully saturated rings. The highest BCUT2D eigenvalue weighted by Crippen LogP contribution is 2.32. The van der Waals surface area contributed by atoms with Crippen LogP contribution in [0.5, 0.6) is 11.5 Å². The van der Waals surface area contributed by atoms with Gasteiger partial charge in [0.2, 0.25) is 0 Å². The number of fused-ring (bicyclic) bond motifs is 1. The van der Waals surface area contributed by atoms with Crippen molar-refractivity contribution in [3.8, 4) is 11.5 Å². The first-order valence-corrected chi connectivity index (χ1v) is 9.39. The number of hydrogen-bond acceptors (Lipinski definition) is 6. The number of rotatable bonds is 5. The average molecular weight is 375 g/mol. The summed E-state index contributed by atoms with van der Waals surface area (Å²) in [5.41, 5.74) is 0.686. The molecule has 0 aromatic heterocycles. The van der Waals surface area contributed by atoms with E-state index in [0.29, 0.717) is 35.3 Å². The Bertz CT molecular complexity index is 867. The quantitative estimate of drug-likeness (QED) is 0.804. The fraction of sp³-hybridized carbons (Fsp3) is 0.222. The third kappa shape index (κ3) is 4.20. The number of carbonyl (C=O) groups excluding carboxylic acids is 2. The van der Waals surface area contributed by atoms with Crippen molar-refractivity contribution in [1.82, 2.24) is 0 Å². The highest BCUT2D eigenvalue weighted by Gasteiger charge is 2.17. The molecule has 2 aromatic rings. The predicted octanol–water partition coefficient (Wildman–Crippen LogP) is 1.99. The summed E-state index contributed by atoms with van der Waals surface area (Å²) < 4.78 is 27.6. The van der Waals surface area contributed by atoms with Crippen LogP contribution in [0.15, 0.2) is 47.4 Å². The summed E-state index contributed by atoms with van der Waals surface area (Å²) in [5.74, 6) is -0.0338. The number of amides is 1. The second-order valence-corrected chi connectivity index (χ2v) is 6.78. The van der Waals surface area contributed by atoms with Crippen molar-refractivity contribution < 1.29 is 28.0 Å². The molecule has 1 aliphatic rings. The molecule has 1 atom stereocenters. The topological polar surface area (TPSA) is 90.9 Å². The van der Waals surface area contributed by atoms with Crippen LogP contribution < -0.4 is 14.8 Å². The van der Waals surface area contributed by atoms with E-state index in [-0.39, 0.29) is 5.56 Å². The molecule has 0 aliphatic carbocycles. The smallest absolute Gasteiger partial charge is 0.339 e. The van der Waals surface area contributed by atoms with Gasteiger partial charge in [-0.25, -0.2) is 4.79 Å². The number of benzene rings is 2. The van der Waals surface area contributed by atoms with Gasteiger partial charge in [-0.1, -0.05) is 12.1 Å². The molecule has 0 saturated carbocycles. The second kappa shape index (κ2) is 8.01. The van der Waals surface area contributed by atoms with Gasteiger partial charge >= 0.3 is 5.97 Å². The number of ether oxygens (including phenoxy) is 3. The molecule has 0 unspecified atom stereocenters. The molecule has 26 heavy (non-hydrogen) atoms. The van der Waals surface area contributed by atoms with Gasteiger partial charge in [-0.05, 0) is 24.3 Å². The Morgan fingerprint density at radius 2 is 1.85 bits per heavy atom. The van der Waals surface area contributed by atoms with E-state index in [0.717, 1.165) is 0 Å². The molecule has 8 heteroatoms. The van der Waals surface area contributed by atoms with Crippen molar-refractivity contribution in [2.75, 3.05) is 31.4 Å². The normalized spacial score (nSPS) is 13.6. The highest BCUT2D eigenvalue weighted by atomic mass is 32.2. The molecule has 1 heterocycles. The van der Waals surface area contributed by atoms with Crippen LogP contribution in [0.4, 0.5) is 5.69 Å². The van der Waals surface area contributed by atoms with Gasteiger partial charge in [0.1, 0.15) is 13.2 Å². The summed E-state index contributed by atoms with van der Waals surface area (Å²) in [6.45, 7) is 0.469. The van der Waals surface area contributed by atoms with E-state index >= 15 is 0 Å². The molecular formula is C18H17NO6S. The minimum absolute atomic E-state index is 0.181. The van der Waals surface area contributed by atoms with E-state index in [1.54, 1.807) is 36.4 Å². The van der Waals surface area contributed by atoms with E-state index in [1.807, 2.05) is 0 Å². The first-order valence-electron chi connectivity index (χ1n) is 7.83. The molecular weight excluding hydrogens is 358 g/mol. The Kier molecular flexibility index (Phi) is 5.52. The zero-order valence-electron chi connectivity index (χ0n) is 14.0. The maximum absolute atomic E-state index is 12.1. The van der Waals surface area contributed by atoms with Gasteiger partial charge in [0.15, 0.2) is 18.1 Å². The number of nitrogens with one attached hydrogen (secondary N) is 1. The predicted molar refractivity (Wildman–Crippen MR) is 95.1 cm³/mol. The highest BCUT2D eigenvalue weighted by molar-refractivity contribution is 7.84. The molecule has 0 saturated heterocycles. The maximum atomic E-state index is 12.1. The lowest BCUT2D eigenvalue weighted by Gasteiger charge is -2.19. The fourth-order valence-electron chi connectivity index (χ4n) is 2.41. The summed E-state index contributed by atoms with van der Waals surface area (Å²) in [4.78, 5) is 24.5. The third-order valence-electron chi connectivity index (χ3n) is 3.58. The summed E-state index contributed by atoms with van der Waals surface area (Å²) in [6, 6.07) is 11.4. The zero-order valence-corrected chi connectivity index (χ0v) is 14.8. The molecule has 136 valence electrons.